The largest absolute Gasteiger partial charge is 0.497 e. The minimum atomic E-state index is 0.811. The van der Waals surface area contributed by atoms with Crippen molar-refractivity contribution >= 4 is 38.8 Å². The zero-order valence-electron chi connectivity index (χ0n) is 23.5. The first-order chi connectivity index (χ1) is 20.6. The molecule has 3 aromatic heterocycles. The smallest absolute Gasteiger partial charge is 0.138 e. The SMILES string of the molecule is COc1ccc(-c2nc3ccc(-c4nc5ccc(-c6nc7ccc(N8CCN(C)CC8)cc7[nH]6)cc5[nH]4)cc3[nH]2)cc1. The summed E-state index contributed by atoms with van der Waals surface area (Å²) in [6.45, 7) is 4.25. The Morgan fingerprint density at radius 3 is 1.60 bits per heavy atom. The van der Waals surface area contributed by atoms with Crippen molar-refractivity contribution in [3.05, 3.63) is 78.9 Å². The summed E-state index contributed by atoms with van der Waals surface area (Å²) in [5.74, 6) is 3.30. The fourth-order valence-corrected chi connectivity index (χ4v) is 5.73. The molecule has 1 aliphatic heterocycles. The van der Waals surface area contributed by atoms with Crippen LogP contribution in [0.1, 0.15) is 0 Å². The maximum Gasteiger partial charge on any atom is 0.138 e. The maximum atomic E-state index is 5.28. The first kappa shape index (κ1) is 24.6. The molecule has 7 aromatic rings. The lowest BCUT2D eigenvalue weighted by Gasteiger charge is -2.34. The Kier molecular flexibility index (Phi) is 5.71. The summed E-state index contributed by atoms with van der Waals surface area (Å²) in [6.07, 6.45) is 0. The van der Waals surface area contributed by atoms with Crippen LogP contribution in [0.5, 0.6) is 5.75 Å². The highest BCUT2D eigenvalue weighted by Gasteiger charge is 2.16. The van der Waals surface area contributed by atoms with E-state index in [-0.39, 0.29) is 0 Å². The summed E-state index contributed by atoms with van der Waals surface area (Å²) in [5, 5.41) is 0. The fraction of sp³-hybridized carbons (Fsp3) is 0.182. The van der Waals surface area contributed by atoms with Gasteiger partial charge in [-0.2, -0.15) is 0 Å². The standard InChI is InChI=1S/C33H30N8O/c1-40-13-15-41(16-14-40)23-7-12-27-30(19-23)39-33(36-27)22-6-11-26-29(18-22)38-32(35-26)21-5-10-25-28(17-21)37-31(34-25)20-3-8-24(42-2)9-4-20/h3-12,17-19H,13-16H2,1-2H3,(H,34,37)(H,35,38)(H,36,39). The molecular weight excluding hydrogens is 524 g/mol. The van der Waals surface area contributed by atoms with Gasteiger partial charge in [-0.3, -0.25) is 0 Å². The molecule has 9 nitrogen and oxygen atoms in total. The lowest BCUT2D eigenvalue weighted by atomic mass is 10.2. The Balaban J connectivity index is 1.08. The van der Waals surface area contributed by atoms with Crippen LogP contribution in [0.2, 0.25) is 0 Å². The molecule has 0 bridgehead atoms. The fourth-order valence-electron chi connectivity index (χ4n) is 5.73. The van der Waals surface area contributed by atoms with Gasteiger partial charge in [0.2, 0.25) is 0 Å². The number of anilines is 1. The number of fused-ring (bicyclic) bond motifs is 3. The number of methoxy groups -OCH3 is 1. The van der Waals surface area contributed by atoms with Crippen molar-refractivity contribution in [1.82, 2.24) is 34.8 Å². The molecule has 1 fully saturated rings. The number of aromatic amines is 3. The van der Waals surface area contributed by atoms with Gasteiger partial charge in [-0.05, 0) is 85.9 Å². The molecule has 1 aliphatic rings. The van der Waals surface area contributed by atoms with E-state index >= 15 is 0 Å². The van der Waals surface area contributed by atoms with E-state index in [1.54, 1.807) is 7.11 Å². The quantitative estimate of drug-likeness (QED) is 0.239. The van der Waals surface area contributed by atoms with Crippen molar-refractivity contribution in [3.8, 4) is 39.9 Å². The predicted molar refractivity (Wildman–Crippen MR) is 168 cm³/mol. The van der Waals surface area contributed by atoms with Gasteiger partial charge in [0.1, 0.15) is 23.2 Å². The average molecular weight is 555 g/mol. The van der Waals surface area contributed by atoms with E-state index in [9.17, 15) is 0 Å². The summed E-state index contributed by atoms with van der Waals surface area (Å²) in [6, 6.07) is 26.8. The summed E-state index contributed by atoms with van der Waals surface area (Å²) in [4.78, 5) is 29.9. The Morgan fingerprint density at radius 1 is 0.571 bits per heavy atom. The second-order valence-corrected chi connectivity index (χ2v) is 10.9. The number of hydrogen-bond donors (Lipinski definition) is 3. The maximum absolute atomic E-state index is 5.28. The number of aromatic nitrogens is 6. The number of ether oxygens (including phenoxy) is 1. The van der Waals surface area contributed by atoms with Crippen molar-refractivity contribution in [3.63, 3.8) is 0 Å². The highest BCUT2D eigenvalue weighted by atomic mass is 16.5. The van der Waals surface area contributed by atoms with E-state index in [1.165, 1.54) is 5.69 Å². The third kappa shape index (κ3) is 4.35. The molecule has 208 valence electrons. The number of benzene rings is 4. The monoisotopic (exact) mass is 554 g/mol. The highest BCUT2D eigenvalue weighted by molar-refractivity contribution is 5.89. The van der Waals surface area contributed by atoms with Crippen molar-refractivity contribution in [2.45, 2.75) is 0 Å². The van der Waals surface area contributed by atoms with Gasteiger partial charge in [-0.25, -0.2) is 15.0 Å². The third-order valence-electron chi connectivity index (χ3n) is 8.21. The second kappa shape index (κ2) is 9.74. The van der Waals surface area contributed by atoms with E-state index in [1.807, 2.05) is 36.4 Å². The molecule has 3 N–H and O–H groups in total. The van der Waals surface area contributed by atoms with E-state index in [0.717, 1.165) is 99.2 Å². The molecule has 8 rings (SSSR count). The van der Waals surface area contributed by atoms with Gasteiger partial charge in [0.05, 0.1) is 40.2 Å². The van der Waals surface area contributed by atoms with Gasteiger partial charge < -0.3 is 29.5 Å². The van der Waals surface area contributed by atoms with Gasteiger partial charge in [-0.1, -0.05) is 0 Å². The predicted octanol–water partition coefficient (Wildman–Crippen LogP) is 6.08. The minimum Gasteiger partial charge on any atom is -0.497 e. The molecule has 0 spiro atoms. The van der Waals surface area contributed by atoms with Crippen LogP contribution in [0.15, 0.2) is 78.9 Å². The van der Waals surface area contributed by atoms with Gasteiger partial charge in [-0.15, -0.1) is 0 Å². The van der Waals surface area contributed by atoms with Crippen LogP contribution in [0, 0.1) is 0 Å². The average Bonchev–Trinajstić information content (AvgIpc) is 3.76. The lowest BCUT2D eigenvalue weighted by Crippen LogP contribution is -2.44. The Morgan fingerprint density at radius 2 is 1.05 bits per heavy atom. The molecule has 1 saturated heterocycles. The number of piperazine rings is 1. The number of nitrogens with one attached hydrogen (secondary N) is 3. The minimum absolute atomic E-state index is 0.811. The van der Waals surface area contributed by atoms with E-state index in [4.69, 9.17) is 19.7 Å². The summed E-state index contributed by atoms with van der Waals surface area (Å²) < 4.78 is 5.28. The zero-order chi connectivity index (χ0) is 28.2. The summed E-state index contributed by atoms with van der Waals surface area (Å²) >= 11 is 0. The molecule has 0 saturated carbocycles. The van der Waals surface area contributed by atoms with E-state index in [0.29, 0.717) is 0 Å². The Hall–Kier alpha value is -5.15. The number of likely N-dealkylation sites (N-methyl/N-ethyl adjacent to an activating group) is 1. The normalized spacial score (nSPS) is 14.4. The van der Waals surface area contributed by atoms with Crippen molar-refractivity contribution in [2.75, 3.05) is 45.2 Å². The van der Waals surface area contributed by atoms with E-state index in [2.05, 4.69) is 74.3 Å². The number of imidazole rings is 3. The van der Waals surface area contributed by atoms with Crippen LogP contribution in [-0.2, 0) is 0 Å². The van der Waals surface area contributed by atoms with Crippen molar-refractivity contribution in [1.29, 1.82) is 0 Å². The van der Waals surface area contributed by atoms with Gasteiger partial charge in [0, 0.05) is 48.6 Å². The summed E-state index contributed by atoms with van der Waals surface area (Å²) in [5.41, 5.74) is 10.0. The zero-order valence-corrected chi connectivity index (χ0v) is 23.5. The molecule has 9 heteroatoms. The van der Waals surface area contributed by atoms with Gasteiger partial charge in [0.15, 0.2) is 0 Å². The number of H-pyrrole nitrogens is 3. The van der Waals surface area contributed by atoms with Crippen LogP contribution in [-0.4, -0.2) is 75.1 Å². The molecule has 4 aromatic carbocycles. The Labute approximate surface area is 242 Å². The van der Waals surface area contributed by atoms with Crippen LogP contribution < -0.4 is 9.64 Å². The molecule has 0 amide bonds. The third-order valence-corrected chi connectivity index (χ3v) is 8.21. The van der Waals surface area contributed by atoms with Crippen LogP contribution in [0.4, 0.5) is 5.69 Å². The van der Waals surface area contributed by atoms with Crippen LogP contribution in [0.3, 0.4) is 0 Å². The first-order valence-corrected chi connectivity index (χ1v) is 14.2. The molecule has 0 aliphatic carbocycles. The first-order valence-electron chi connectivity index (χ1n) is 14.2. The topological polar surface area (TPSA) is 102 Å². The molecule has 0 radical (unpaired) electrons. The number of rotatable bonds is 5. The number of nitrogens with zero attached hydrogens (tertiary/aromatic N) is 5. The lowest BCUT2D eigenvalue weighted by molar-refractivity contribution is 0.313. The van der Waals surface area contributed by atoms with Gasteiger partial charge in [0.25, 0.3) is 0 Å². The Bertz CT molecular complexity index is 2060. The van der Waals surface area contributed by atoms with Crippen LogP contribution in [0.25, 0.3) is 67.3 Å². The molecule has 0 atom stereocenters. The summed E-state index contributed by atoms with van der Waals surface area (Å²) in [7, 11) is 3.85. The number of hydrogen-bond acceptors (Lipinski definition) is 6. The van der Waals surface area contributed by atoms with Crippen molar-refractivity contribution < 1.29 is 4.74 Å². The highest BCUT2D eigenvalue weighted by Crippen LogP contribution is 2.30. The second-order valence-electron chi connectivity index (χ2n) is 10.9. The molecule has 0 unspecified atom stereocenters. The molecule has 4 heterocycles. The molecule has 42 heavy (non-hydrogen) atoms. The molecular formula is C33H30N8O. The van der Waals surface area contributed by atoms with Crippen molar-refractivity contribution in [2.24, 2.45) is 0 Å². The van der Waals surface area contributed by atoms with Gasteiger partial charge >= 0.3 is 0 Å². The van der Waals surface area contributed by atoms with Crippen LogP contribution >= 0.6 is 0 Å². The van der Waals surface area contributed by atoms with E-state index < -0.39 is 0 Å².